The molecule has 572 valence electrons. The van der Waals surface area contributed by atoms with Crippen LogP contribution in [0.5, 0.6) is 0 Å². The van der Waals surface area contributed by atoms with E-state index in [0.29, 0.717) is 0 Å². The Balaban J connectivity index is 0.000000138. The zero-order chi connectivity index (χ0) is 80.8. The summed E-state index contributed by atoms with van der Waals surface area (Å²) in [6.45, 7) is 4.74. The number of aromatic nitrogens is 7. The predicted octanol–water partition coefficient (Wildman–Crippen LogP) is 21.9. The molecule has 7 nitrogen and oxygen atoms in total. The Kier molecular flexibility index (Phi) is 16.6. The van der Waals surface area contributed by atoms with E-state index in [4.69, 9.17) is 19.9 Å². The molecule has 5 aromatic heterocycles. The van der Waals surface area contributed by atoms with Crippen molar-refractivity contribution in [2.24, 2.45) is 0 Å². The molecule has 0 saturated carbocycles. The monoisotopic (exact) mass is 1680 g/mol. The molecule has 7 heterocycles. The van der Waals surface area contributed by atoms with E-state index in [-0.39, 0.29) is 5.41 Å². The summed E-state index contributed by atoms with van der Waals surface area (Å²) < 4.78 is 18.0. The fraction of sp³-hybridized carbons (Fsp3) is 0.0265. The molecule has 0 spiro atoms. The third-order valence-electron chi connectivity index (χ3n) is 26.3. The molecular formula is C113H77Ge2N7. The first-order valence-corrected chi connectivity index (χ1v) is 50.5. The Labute approximate surface area is 712 Å². The van der Waals surface area contributed by atoms with Crippen LogP contribution >= 0.6 is 0 Å². The zero-order valence-corrected chi connectivity index (χ0v) is 71.3. The molecule has 0 saturated heterocycles. The molecule has 2 aliphatic heterocycles. The van der Waals surface area contributed by atoms with E-state index in [9.17, 15) is 0 Å². The molecule has 1 aliphatic carbocycles. The van der Waals surface area contributed by atoms with Crippen molar-refractivity contribution < 1.29 is 0 Å². The number of nitrogens with zero attached hydrogens (tertiary/aromatic N) is 7. The Bertz CT molecular complexity index is 7880. The van der Waals surface area contributed by atoms with Crippen LogP contribution in [0.3, 0.4) is 0 Å². The van der Waals surface area contributed by atoms with Gasteiger partial charge in [0.25, 0.3) is 0 Å². The normalized spacial score (nSPS) is 13.5. The Morgan fingerprint density at radius 2 is 0.557 bits per heavy atom. The van der Waals surface area contributed by atoms with E-state index in [1.807, 2.05) is 0 Å². The van der Waals surface area contributed by atoms with Gasteiger partial charge in [-0.05, 0) is 0 Å². The van der Waals surface area contributed by atoms with Gasteiger partial charge in [-0.2, -0.15) is 0 Å². The maximum atomic E-state index is 5.78. The van der Waals surface area contributed by atoms with Crippen LogP contribution in [0, 0.1) is 0 Å². The first-order chi connectivity index (χ1) is 60.3. The number of benzene rings is 17. The van der Waals surface area contributed by atoms with Gasteiger partial charge in [-0.15, -0.1) is 0 Å². The second-order valence-corrected chi connectivity index (χ2v) is 48.3. The van der Waals surface area contributed by atoms with Crippen LogP contribution in [0.15, 0.2) is 431 Å². The van der Waals surface area contributed by atoms with Gasteiger partial charge in [-0.25, -0.2) is 0 Å². The van der Waals surface area contributed by atoms with Gasteiger partial charge in [-0.3, -0.25) is 0 Å². The van der Waals surface area contributed by atoms with E-state index >= 15 is 0 Å². The molecule has 9 heteroatoms. The third-order valence-corrected chi connectivity index (χ3v) is 46.1. The summed E-state index contributed by atoms with van der Waals surface area (Å²) in [4.78, 5) is 22.9. The second-order valence-electron chi connectivity index (χ2n) is 32.9. The molecule has 0 radical (unpaired) electrons. The van der Waals surface area contributed by atoms with E-state index in [1.54, 1.807) is 0 Å². The molecule has 17 aromatic carbocycles. The first kappa shape index (κ1) is 71.5. The van der Waals surface area contributed by atoms with E-state index in [1.165, 1.54) is 123 Å². The van der Waals surface area contributed by atoms with Gasteiger partial charge in [0, 0.05) is 0 Å². The van der Waals surface area contributed by atoms with Crippen LogP contribution < -0.4 is 35.4 Å². The second kappa shape index (κ2) is 28.3. The Morgan fingerprint density at radius 3 is 1.00 bits per heavy atom. The first-order valence-electron chi connectivity index (χ1n) is 42.1. The summed E-state index contributed by atoms with van der Waals surface area (Å²) in [6.07, 6.45) is 0. The third kappa shape index (κ3) is 10.6. The van der Waals surface area contributed by atoms with Crippen LogP contribution in [0.25, 0.3) is 161 Å². The summed E-state index contributed by atoms with van der Waals surface area (Å²) in [5, 5.41) is 7.41. The standard InChI is InChI=1S/C58H38GeN4.C55H39GeN3/c1-5-21-39(22-6-1)58-60-56(55-45-31-13-17-33-49(45)59(57(55)61-58,40-23-7-2-8-24-40)41-25-9-3-10-26-41)46-32-16-20-36-52(46)63-51-35-19-15-30-44(51)48-37-47-43-29-14-18-34-50(43)62(53(47)38-54(48)63)42-27-11-4-12-28-42;1-55(2)45-30-16-12-26-39(45)43-34-44-40-27-14-18-32-48(40)59(50(44)35-46(43)55)49-33-19-15-29-42(49)52-51-41-28-13-17-31-47(41)56(37-22-8-4-9-23-37,38-24-10-5-11-25-38)53(51)58-54(57-52)36-20-6-3-7-21-36/h1-38H;3-35H,1-2H3. The average molecular weight is 1680 g/mol. The van der Waals surface area contributed by atoms with Crippen LogP contribution in [-0.2, 0) is 5.41 Å². The van der Waals surface area contributed by atoms with Crippen LogP contribution in [-0.4, -0.2) is 60.2 Å². The SMILES string of the molecule is CC1(C)c2ccccc2-c2cc3c4ccccc4n(-c4ccccc4-c4nc(-c5ccccc5)n[c]5c4-c4cccc[c]4[Ge]5([c]4ccccc4)[c]4ccccc4)c3cc21.c1ccc(-c2nc(-c3ccccc3-n3c4ccccc4c4cc5c6ccccc6n(-c6ccccc6)c5cc43)c3[c](n2)[Ge]([c]2ccccc2)([c]2ccccc2)[c]2ccccc2-3)cc1. The van der Waals surface area contributed by atoms with E-state index in [2.05, 4.69) is 458 Å². The van der Waals surface area contributed by atoms with Crippen molar-refractivity contribution in [3.05, 3.63) is 442 Å². The van der Waals surface area contributed by atoms with Gasteiger partial charge in [0.1, 0.15) is 0 Å². The van der Waals surface area contributed by atoms with Gasteiger partial charge >= 0.3 is 675 Å². The van der Waals surface area contributed by atoms with Crippen molar-refractivity contribution in [1.29, 1.82) is 0 Å². The van der Waals surface area contributed by atoms with Gasteiger partial charge in [0.05, 0.1) is 0 Å². The van der Waals surface area contributed by atoms with Crippen molar-refractivity contribution in [1.82, 2.24) is 33.6 Å². The number of hydrogen-bond acceptors (Lipinski definition) is 4. The number of hydrogen-bond donors (Lipinski definition) is 0. The molecule has 0 bridgehead atoms. The Morgan fingerprint density at radius 1 is 0.230 bits per heavy atom. The fourth-order valence-electron chi connectivity index (χ4n) is 21.1. The molecule has 122 heavy (non-hydrogen) atoms. The molecule has 0 amide bonds. The molecule has 0 N–H and O–H groups in total. The summed E-state index contributed by atoms with van der Waals surface area (Å²) in [5.74, 6) is 1.49. The molecule has 3 aliphatic rings. The van der Waals surface area contributed by atoms with Crippen LogP contribution in [0.2, 0.25) is 0 Å². The number of para-hydroxylation sites is 6. The van der Waals surface area contributed by atoms with E-state index in [0.717, 1.165) is 84.5 Å². The summed E-state index contributed by atoms with van der Waals surface area (Å²) in [7, 11) is 0. The van der Waals surface area contributed by atoms with Gasteiger partial charge in [0.2, 0.25) is 0 Å². The minimum atomic E-state index is -3.77. The number of rotatable bonds is 11. The topological polar surface area (TPSA) is 66.3 Å². The van der Waals surface area contributed by atoms with Crippen LogP contribution in [0.4, 0.5) is 0 Å². The Hall–Kier alpha value is -14.6. The van der Waals surface area contributed by atoms with Crippen molar-refractivity contribution in [3.8, 4) is 95.7 Å². The van der Waals surface area contributed by atoms with Crippen molar-refractivity contribution >= 4 is 127 Å². The molecule has 22 aromatic rings. The zero-order valence-electron chi connectivity index (χ0n) is 67.1. The summed E-state index contributed by atoms with van der Waals surface area (Å²) in [5.41, 5.74) is 26.5. The van der Waals surface area contributed by atoms with E-state index < -0.39 is 26.5 Å². The van der Waals surface area contributed by atoms with Gasteiger partial charge in [-0.1, -0.05) is 42.5 Å². The van der Waals surface area contributed by atoms with Crippen molar-refractivity contribution in [2.75, 3.05) is 0 Å². The minimum absolute atomic E-state index is 0.132. The average Bonchev–Trinajstić information content (AvgIpc) is 1.53. The van der Waals surface area contributed by atoms with Crippen molar-refractivity contribution in [2.45, 2.75) is 19.3 Å². The fourth-order valence-corrected chi connectivity index (χ4v) is 42.1. The molecular weight excluding hydrogens is 1600 g/mol. The molecule has 25 rings (SSSR count). The van der Waals surface area contributed by atoms with Gasteiger partial charge < -0.3 is 0 Å². The molecule has 0 fully saturated rings. The van der Waals surface area contributed by atoms with Crippen LogP contribution in [0.1, 0.15) is 25.0 Å². The number of fused-ring (bicyclic) bond motifs is 18. The summed E-state index contributed by atoms with van der Waals surface area (Å²) in [6, 6.07) is 158. The summed E-state index contributed by atoms with van der Waals surface area (Å²) >= 11 is -7.50. The quantitative estimate of drug-likeness (QED) is 0.121. The molecule has 0 unspecified atom stereocenters. The molecule has 0 atom stereocenters. The maximum absolute atomic E-state index is 5.78. The van der Waals surface area contributed by atoms with Gasteiger partial charge in [0.15, 0.2) is 0 Å². The van der Waals surface area contributed by atoms with Crippen molar-refractivity contribution in [3.63, 3.8) is 0 Å². The predicted molar refractivity (Wildman–Crippen MR) is 512 cm³/mol.